The van der Waals surface area contributed by atoms with E-state index in [4.69, 9.17) is 48.9 Å². The van der Waals surface area contributed by atoms with Crippen LogP contribution in [-0.4, -0.2) is 24.1 Å². The SMILES string of the molecule is COc1cc2nccc(Oc3ccc(NC(=O)Oc4ccc(N)c(Cl)c4)c(Cl)c3)c2cc1C(N)=O. The number of carbonyl (C=O) groups excluding carboxylic acids is 2. The van der Waals surface area contributed by atoms with Gasteiger partial charge in [-0.3, -0.25) is 15.1 Å². The van der Waals surface area contributed by atoms with E-state index < -0.39 is 12.0 Å². The Morgan fingerprint density at radius 1 is 0.943 bits per heavy atom. The topological polar surface area (TPSA) is 139 Å². The Bertz CT molecular complexity index is 1460. The van der Waals surface area contributed by atoms with Crippen LogP contribution in [0.3, 0.4) is 0 Å². The quantitative estimate of drug-likeness (QED) is 0.284. The predicted octanol–water partition coefficient (Wildman–Crippen LogP) is 5.63. The molecule has 0 saturated carbocycles. The monoisotopic (exact) mass is 512 g/mol. The smallest absolute Gasteiger partial charge is 0.417 e. The highest BCUT2D eigenvalue weighted by Gasteiger charge is 2.15. The molecule has 0 aliphatic heterocycles. The number of nitrogen functional groups attached to an aromatic ring is 1. The summed E-state index contributed by atoms with van der Waals surface area (Å²) in [5.74, 6) is 0.667. The number of fused-ring (bicyclic) bond motifs is 1. The third-order valence-corrected chi connectivity index (χ3v) is 5.52. The number of aromatic nitrogens is 1. The molecule has 2 amide bonds. The van der Waals surface area contributed by atoms with Gasteiger partial charge in [0.15, 0.2) is 0 Å². The summed E-state index contributed by atoms with van der Waals surface area (Å²) < 4.78 is 16.4. The average molecular weight is 513 g/mol. The van der Waals surface area contributed by atoms with Crippen molar-refractivity contribution in [3.8, 4) is 23.0 Å². The first-order chi connectivity index (χ1) is 16.7. The van der Waals surface area contributed by atoms with Crippen LogP contribution in [0, 0.1) is 0 Å². The standard InChI is InChI=1S/C24H18Cl2N4O5/c1-33-22-11-20-14(10-15(22)23(28)31)21(6-7-29-20)34-12-3-5-19(17(26)9-12)30-24(32)35-13-2-4-18(27)16(25)8-13/h2-11H,27H2,1H3,(H2,28,31)(H,30,32). The van der Waals surface area contributed by atoms with Gasteiger partial charge in [-0.05, 0) is 36.4 Å². The molecule has 3 aromatic carbocycles. The fourth-order valence-electron chi connectivity index (χ4n) is 3.20. The second-order valence-corrected chi connectivity index (χ2v) is 8.00. The lowest BCUT2D eigenvalue weighted by Gasteiger charge is -2.13. The number of primary amides is 1. The van der Waals surface area contributed by atoms with Gasteiger partial charge >= 0.3 is 6.09 Å². The molecule has 0 aliphatic rings. The van der Waals surface area contributed by atoms with Crippen molar-refractivity contribution in [1.82, 2.24) is 4.98 Å². The molecule has 4 rings (SSSR count). The number of rotatable bonds is 6. The highest BCUT2D eigenvalue weighted by molar-refractivity contribution is 6.34. The molecule has 11 heteroatoms. The first-order valence-corrected chi connectivity index (χ1v) is 10.8. The van der Waals surface area contributed by atoms with E-state index in [1.165, 1.54) is 31.4 Å². The van der Waals surface area contributed by atoms with Gasteiger partial charge in [0, 0.05) is 29.8 Å². The molecule has 4 aromatic rings. The Morgan fingerprint density at radius 2 is 1.69 bits per heavy atom. The number of carbonyl (C=O) groups is 2. The maximum atomic E-state index is 12.2. The first-order valence-electron chi connectivity index (χ1n) is 10.0. The van der Waals surface area contributed by atoms with E-state index in [0.29, 0.717) is 39.5 Å². The number of hydrogen-bond donors (Lipinski definition) is 3. The number of methoxy groups -OCH3 is 1. The van der Waals surface area contributed by atoms with E-state index in [0.717, 1.165) is 0 Å². The zero-order valence-corrected chi connectivity index (χ0v) is 19.7. The third-order valence-electron chi connectivity index (χ3n) is 4.88. The molecule has 0 fully saturated rings. The number of nitrogens with zero attached hydrogens (tertiary/aromatic N) is 1. The number of amides is 2. The molecule has 0 unspecified atom stereocenters. The normalized spacial score (nSPS) is 10.6. The predicted molar refractivity (Wildman–Crippen MR) is 134 cm³/mol. The van der Waals surface area contributed by atoms with Crippen molar-refractivity contribution in [3.05, 3.63) is 76.4 Å². The number of ether oxygens (including phenoxy) is 3. The van der Waals surface area contributed by atoms with Crippen molar-refractivity contribution in [2.75, 3.05) is 18.2 Å². The van der Waals surface area contributed by atoms with E-state index in [-0.39, 0.29) is 21.4 Å². The minimum Gasteiger partial charge on any atom is -0.496 e. The van der Waals surface area contributed by atoms with Gasteiger partial charge in [0.2, 0.25) is 0 Å². The highest BCUT2D eigenvalue weighted by Crippen LogP contribution is 2.35. The molecule has 0 aliphatic carbocycles. The maximum absolute atomic E-state index is 12.2. The summed E-state index contributed by atoms with van der Waals surface area (Å²) in [7, 11) is 1.44. The molecule has 0 saturated heterocycles. The van der Waals surface area contributed by atoms with Crippen molar-refractivity contribution >= 4 is 57.5 Å². The minimum absolute atomic E-state index is 0.191. The van der Waals surface area contributed by atoms with Crippen LogP contribution in [0.5, 0.6) is 23.0 Å². The number of pyridine rings is 1. The molecule has 1 heterocycles. The van der Waals surface area contributed by atoms with Crippen LogP contribution in [0.15, 0.2) is 60.8 Å². The van der Waals surface area contributed by atoms with Gasteiger partial charge in [0.25, 0.3) is 5.91 Å². The lowest BCUT2D eigenvalue weighted by molar-refractivity contribution is 0.0997. The Balaban J connectivity index is 1.54. The number of nitrogens with one attached hydrogen (secondary N) is 1. The second-order valence-electron chi connectivity index (χ2n) is 7.18. The molecule has 0 radical (unpaired) electrons. The van der Waals surface area contributed by atoms with Gasteiger partial charge in [-0.25, -0.2) is 4.79 Å². The van der Waals surface area contributed by atoms with Crippen LogP contribution in [0.2, 0.25) is 10.0 Å². The summed E-state index contributed by atoms with van der Waals surface area (Å²) in [6.45, 7) is 0. The summed E-state index contributed by atoms with van der Waals surface area (Å²) >= 11 is 12.3. The summed E-state index contributed by atoms with van der Waals surface area (Å²) in [5, 5.41) is 3.56. The minimum atomic E-state index is -0.769. The molecular formula is C24H18Cl2N4O5. The Labute approximate surface area is 209 Å². The van der Waals surface area contributed by atoms with Gasteiger partial charge in [-0.1, -0.05) is 23.2 Å². The number of hydrogen-bond acceptors (Lipinski definition) is 7. The second kappa shape index (κ2) is 9.96. The number of halogens is 2. The molecule has 5 N–H and O–H groups in total. The summed E-state index contributed by atoms with van der Waals surface area (Å²) in [5.41, 5.74) is 12.5. The summed E-state index contributed by atoms with van der Waals surface area (Å²) in [4.78, 5) is 28.3. The van der Waals surface area contributed by atoms with Crippen LogP contribution in [0.1, 0.15) is 10.4 Å². The van der Waals surface area contributed by atoms with Crippen molar-refractivity contribution in [2.24, 2.45) is 5.73 Å². The third kappa shape index (κ3) is 5.32. The Kier molecular flexibility index (Phi) is 6.81. The van der Waals surface area contributed by atoms with Crippen molar-refractivity contribution in [2.45, 2.75) is 0 Å². The number of nitrogens with two attached hydrogens (primary N) is 2. The largest absolute Gasteiger partial charge is 0.496 e. The van der Waals surface area contributed by atoms with Crippen LogP contribution < -0.4 is 31.0 Å². The summed E-state index contributed by atoms with van der Waals surface area (Å²) in [6, 6.07) is 13.9. The van der Waals surface area contributed by atoms with E-state index in [1.807, 2.05) is 0 Å². The molecule has 1 aromatic heterocycles. The lowest BCUT2D eigenvalue weighted by Crippen LogP contribution is -2.17. The van der Waals surface area contributed by atoms with E-state index in [1.54, 1.807) is 36.5 Å². The first kappa shape index (κ1) is 23.9. The van der Waals surface area contributed by atoms with E-state index in [9.17, 15) is 9.59 Å². The van der Waals surface area contributed by atoms with Gasteiger partial charge in [-0.2, -0.15) is 0 Å². The number of benzene rings is 3. The van der Waals surface area contributed by atoms with Crippen molar-refractivity contribution < 1.29 is 23.8 Å². The zero-order valence-electron chi connectivity index (χ0n) is 18.2. The Hall–Kier alpha value is -4.21. The molecule has 178 valence electrons. The van der Waals surface area contributed by atoms with Crippen LogP contribution in [0.4, 0.5) is 16.2 Å². The molecular weight excluding hydrogens is 495 g/mol. The average Bonchev–Trinajstić information content (AvgIpc) is 2.82. The lowest BCUT2D eigenvalue weighted by atomic mass is 10.1. The van der Waals surface area contributed by atoms with Crippen molar-refractivity contribution in [3.63, 3.8) is 0 Å². The fraction of sp³-hybridized carbons (Fsp3) is 0.0417. The summed E-state index contributed by atoms with van der Waals surface area (Å²) in [6.07, 6.45) is 0.785. The van der Waals surface area contributed by atoms with Crippen molar-refractivity contribution in [1.29, 1.82) is 0 Å². The zero-order chi connectivity index (χ0) is 25.1. The van der Waals surface area contributed by atoms with Crippen LogP contribution in [-0.2, 0) is 0 Å². The molecule has 9 nitrogen and oxygen atoms in total. The maximum Gasteiger partial charge on any atom is 0.417 e. The van der Waals surface area contributed by atoms with Crippen LogP contribution in [0.25, 0.3) is 10.9 Å². The molecule has 0 bridgehead atoms. The highest BCUT2D eigenvalue weighted by atomic mass is 35.5. The number of anilines is 2. The van der Waals surface area contributed by atoms with Gasteiger partial charge in [-0.15, -0.1) is 0 Å². The Morgan fingerprint density at radius 3 is 2.37 bits per heavy atom. The molecule has 0 atom stereocenters. The van der Waals surface area contributed by atoms with Gasteiger partial charge in [0.05, 0.1) is 39.6 Å². The fourth-order valence-corrected chi connectivity index (χ4v) is 3.59. The molecule has 35 heavy (non-hydrogen) atoms. The van der Waals surface area contributed by atoms with Crippen LogP contribution >= 0.6 is 23.2 Å². The van der Waals surface area contributed by atoms with Gasteiger partial charge in [0.1, 0.15) is 23.0 Å². The van der Waals surface area contributed by atoms with E-state index in [2.05, 4.69) is 10.3 Å². The van der Waals surface area contributed by atoms with Gasteiger partial charge < -0.3 is 25.7 Å². The molecule has 0 spiro atoms. The van der Waals surface area contributed by atoms with E-state index >= 15 is 0 Å².